The molecule has 0 atom stereocenters. The lowest BCUT2D eigenvalue weighted by molar-refractivity contribution is 0.556. The molecule has 0 aliphatic heterocycles. The number of pyridine rings is 3. The zero-order valence-corrected chi connectivity index (χ0v) is 88.8. The number of aryl methyl sites for hydroxylation is 11. The second kappa shape index (κ2) is 43.7. The van der Waals surface area contributed by atoms with Crippen molar-refractivity contribution < 1.29 is 0 Å². The van der Waals surface area contributed by atoms with E-state index in [1.54, 1.807) is 0 Å². The van der Waals surface area contributed by atoms with Gasteiger partial charge in [0.25, 0.3) is 0 Å². The fourth-order valence-corrected chi connectivity index (χ4v) is 20.1. The minimum absolute atomic E-state index is 0.0676. The van der Waals surface area contributed by atoms with Crippen molar-refractivity contribution in [3.8, 4) is 129 Å². The summed E-state index contributed by atoms with van der Waals surface area (Å²) in [6.45, 7) is 51.3. The Labute approximate surface area is 849 Å². The Morgan fingerprint density at radius 3 is 0.803 bits per heavy atom. The van der Waals surface area contributed by atoms with Gasteiger partial charge in [-0.25, -0.2) is 15.0 Å². The molecule has 142 heavy (non-hydrogen) atoms. The first-order valence-electron chi connectivity index (χ1n) is 51.9. The summed E-state index contributed by atoms with van der Waals surface area (Å²) in [7, 11) is 0. The van der Waals surface area contributed by atoms with Crippen molar-refractivity contribution >= 4 is 33.2 Å². The molecule has 0 aliphatic rings. The van der Waals surface area contributed by atoms with Crippen LogP contribution in [0.1, 0.15) is 238 Å². The maximum Gasteiger partial charge on any atom is 0.0730 e. The molecule has 5 heteroatoms. The van der Waals surface area contributed by atoms with E-state index in [1.165, 1.54) is 225 Å². The van der Waals surface area contributed by atoms with E-state index in [9.17, 15) is 0 Å². The van der Waals surface area contributed by atoms with Crippen molar-refractivity contribution in [1.82, 2.24) is 19.5 Å². The highest BCUT2D eigenvalue weighted by molar-refractivity contribution is 6.10. The van der Waals surface area contributed by atoms with Crippen molar-refractivity contribution in [1.29, 1.82) is 0 Å². The topological polar surface area (TPSA) is 55.6 Å². The number of benzene rings is 14. The Hall–Kier alpha value is -13.9. The van der Waals surface area contributed by atoms with Crippen molar-refractivity contribution in [3.63, 3.8) is 0 Å². The van der Waals surface area contributed by atoms with Crippen molar-refractivity contribution in [2.45, 2.75) is 252 Å². The summed E-state index contributed by atoms with van der Waals surface area (Å²) in [5.41, 5.74) is 50.4. The van der Waals surface area contributed by atoms with E-state index < -0.39 is 0 Å². The van der Waals surface area contributed by atoms with Crippen LogP contribution in [0.2, 0.25) is 0 Å². The maximum atomic E-state index is 5.30. The molecule has 0 spiro atoms. The number of anilines is 2. The van der Waals surface area contributed by atoms with Gasteiger partial charge >= 0.3 is 0 Å². The number of aromatic nitrogens is 4. The third-order valence-electron chi connectivity index (χ3n) is 28.4. The van der Waals surface area contributed by atoms with Crippen LogP contribution in [0.25, 0.3) is 151 Å². The van der Waals surface area contributed by atoms with Crippen LogP contribution in [-0.2, 0) is 28.1 Å². The van der Waals surface area contributed by atoms with E-state index in [0.717, 1.165) is 91.0 Å². The highest BCUT2D eigenvalue weighted by Gasteiger charge is 2.25. The minimum atomic E-state index is 0.0676. The van der Waals surface area contributed by atoms with Crippen LogP contribution in [0, 0.1) is 69.2 Å². The van der Waals surface area contributed by atoms with E-state index in [2.05, 4.69) is 503 Å². The van der Waals surface area contributed by atoms with Gasteiger partial charge in [0.2, 0.25) is 0 Å². The van der Waals surface area contributed by atoms with Crippen LogP contribution in [0.5, 0.6) is 0 Å². The van der Waals surface area contributed by atoms with Gasteiger partial charge in [-0.3, -0.25) is 0 Å². The average Bonchev–Trinajstić information content (AvgIpc) is 1.58. The van der Waals surface area contributed by atoms with Crippen LogP contribution >= 0.6 is 0 Å². The summed E-state index contributed by atoms with van der Waals surface area (Å²) in [5, 5.41) is 6.39. The van der Waals surface area contributed by atoms with Gasteiger partial charge in [0.1, 0.15) is 0 Å². The summed E-state index contributed by atoms with van der Waals surface area (Å²) in [5.74, 6) is 0. The van der Waals surface area contributed by atoms with Crippen LogP contribution in [0.15, 0.2) is 334 Å². The number of nitrogens with one attached hydrogen (secondary N) is 1. The number of rotatable bonds is 25. The van der Waals surface area contributed by atoms with Gasteiger partial charge in [-0.15, -0.1) is 0 Å². The van der Waals surface area contributed by atoms with E-state index >= 15 is 0 Å². The zero-order valence-electron chi connectivity index (χ0n) is 88.8. The molecule has 0 unspecified atom stereocenters. The minimum Gasteiger partial charge on any atom is -0.355 e. The zero-order chi connectivity index (χ0) is 100. The third-order valence-corrected chi connectivity index (χ3v) is 28.4. The van der Waals surface area contributed by atoms with Gasteiger partial charge in [0, 0.05) is 55.5 Å². The molecule has 4 heterocycles. The molecular formula is C137H147N5. The van der Waals surface area contributed by atoms with Crippen LogP contribution in [0.3, 0.4) is 0 Å². The summed E-state index contributed by atoms with van der Waals surface area (Å²) >= 11 is 0. The van der Waals surface area contributed by atoms with Gasteiger partial charge in [-0.2, -0.15) is 0 Å². The molecule has 18 aromatic rings. The van der Waals surface area contributed by atoms with Crippen molar-refractivity contribution in [2.75, 3.05) is 5.32 Å². The summed E-state index contributed by atoms with van der Waals surface area (Å²) in [4.78, 5) is 15.6. The Morgan fingerprint density at radius 1 is 0.218 bits per heavy atom. The Balaban J connectivity index is 0.000000155. The SMILES string of the molecule is CCCCCCCCCCCCc1ccc(-c2cc(-c3ccc(-c4c(C)cc(C)cc4C)cc3)nc(-c3ccc(-c4c(C)cc(C)cc4C)cc3)c2)cc1.Cc1ccc(-c2cc(-n3c4ccc(C(C)(C)C)cc4c4cc(C(C)(C)C)ccc43)cc(-c3ccc(C)cc3)n2)cc1.Cc1ccc(-c2cc(Nc3cc(-c4ccc(C(C)(C)C)cc4)cc(-c4ccc(C(C)(C)C)cc4)c3)cc(-c3ccc(C)cc3)n2)cc1. The molecule has 14 aromatic carbocycles. The number of hydrogen-bond acceptors (Lipinski definition) is 4. The number of fused-ring (bicyclic) bond motifs is 3. The molecule has 720 valence electrons. The fraction of sp³-hybridized carbons (Fsp3) is 0.277. The standard InChI is InChI=1S/C53H61N.C45H46N2.C39H40N2/c1-8-9-10-11-12-13-14-15-16-17-18-43-19-21-44(22-20-43)49-35-50(45-23-27-47(28-24-45)52-39(4)31-37(2)32-40(52)5)54-51(36-49)46-25-29-48(30-26-46)53-41(6)33-38(3)34-42(53)7;1-30-9-13-34(14-10-30)42-28-41(29-43(47-42)35-15-11-31(2)12-16-35)46-40-26-36(32-17-21-38(22-18-32)44(3,4)5)25-37(27-40)33-19-23-39(24-20-33)45(6,7)8;1-25-9-13-27(14-10-25)34-23-31(24-35(40-34)28-15-11-26(2)12-16-28)41-36-19-17-29(38(3,4)5)21-32(36)33-22-30(39(6,7)8)18-20-37(33)41/h19-36H,8-18H2,1-7H3;9-29H,1-8H3,(H,46,47);9-24H,1-8H3. The van der Waals surface area contributed by atoms with Crippen LogP contribution < -0.4 is 5.32 Å². The summed E-state index contributed by atoms with van der Waals surface area (Å²) in [6, 6.07) is 123. The monoisotopic (exact) mass is 1860 g/mol. The first kappa shape index (κ1) is 101. The van der Waals surface area contributed by atoms with Crippen LogP contribution in [0.4, 0.5) is 11.4 Å². The smallest absolute Gasteiger partial charge is 0.0730 e. The number of nitrogens with zero attached hydrogens (tertiary/aromatic N) is 4. The molecule has 0 aliphatic carbocycles. The van der Waals surface area contributed by atoms with Gasteiger partial charge in [0.15, 0.2) is 0 Å². The highest BCUT2D eigenvalue weighted by atomic mass is 15.0. The molecule has 0 saturated carbocycles. The largest absolute Gasteiger partial charge is 0.355 e. The molecule has 18 rings (SSSR count). The predicted molar refractivity (Wildman–Crippen MR) is 614 cm³/mol. The number of unbranched alkanes of at least 4 members (excludes halogenated alkanes) is 9. The van der Waals surface area contributed by atoms with E-state index in [4.69, 9.17) is 15.0 Å². The van der Waals surface area contributed by atoms with E-state index in [0.29, 0.717) is 0 Å². The van der Waals surface area contributed by atoms with Crippen molar-refractivity contribution in [2.24, 2.45) is 0 Å². The summed E-state index contributed by atoms with van der Waals surface area (Å²) < 4.78 is 2.43. The molecular weight excluding hydrogens is 1720 g/mol. The van der Waals surface area contributed by atoms with Gasteiger partial charge in [-0.05, 0) is 288 Å². The second-order valence-electron chi connectivity index (χ2n) is 44.5. The Morgan fingerprint density at radius 2 is 0.479 bits per heavy atom. The molecule has 1 N–H and O–H groups in total. The van der Waals surface area contributed by atoms with Crippen molar-refractivity contribution in [3.05, 3.63) is 417 Å². The lowest BCUT2D eigenvalue weighted by Crippen LogP contribution is -2.10. The highest BCUT2D eigenvalue weighted by Crippen LogP contribution is 2.44. The van der Waals surface area contributed by atoms with Crippen LogP contribution in [-0.4, -0.2) is 19.5 Å². The first-order valence-corrected chi connectivity index (χ1v) is 51.9. The molecule has 0 bridgehead atoms. The lowest BCUT2D eigenvalue weighted by Gasteiger charge is -2.20. The average molecular weight is 1860 g/mol. The number of hydrogen-bond donors (Lipinski definition) is 1. The van der Waals surface area contributed by atoms with Gasteiger partial charge < -0.3 is 9.88 Å². The Bertz CT molecular complexity index is 6980. The predicted octanol–water partition coefficient (Wildman–Crippen LogP) is 39.2. The molecule has 4 aromatic heterocycles. The normalized spacial score (nSPS) is 11.8. The maximum absolute atomic E-state index is 5.30. The first-order chi connectivity index (χ1) is 67.9. The summed E-state index contributed by atoms with van der Waals surface area (Å²) in [6.07, 6.45) is 14.9. The fourth-order valence-electron chi connectivity index (χ4n) is 20.1. The Kier molecular flexibility index (Phi) is 31.1. The van der Waals surface area contributed by atoms with Gasteiger partial charge in [-0.1, -0.05) is 436 Å². The molecule has 0 amide bonds. The van der Waals surface area contributed by atoms with Gasteiger partial charge in [0.05, 0.1) is 50.9 Å². The molecule has 5 nitrogen and oxygen atoms in total. The second-order valence-corrected chi connectivity index (χ2v) is 44.5. The quantitative estimate of drug-likeness (QED) is 0.0580. The lowest BCUT2D eigenvalue weighted by atomic mass is 9.85. The molecule has 0 fully saturated rings. The third kappa shape index (κ3) is 24.8. The molecule has 0 saturated heterocycles. The molecule has 0 radical (unpaired) electrons. The van der Waals surface area contributed by atoms with E-state index in [1.807, 2.05) is 0 Å². The van der Waals surface area contributed by atoms with E-state index in [-0.39, 0.29) is 21.7 Å².